The summed E-state index contributed by atoms with van der Waals surface area (Å²) in [7, 11) is 0. The van der Waals surface area contributed by atoms with Gasteiger partial charge < -0.3 is 10.1 Å². The Morgan fingerprint density at radius 3 is 2.50 bits per heavy atom. The Hall–Kier alpha value is -1.57. The number of amides is 2. The molecule has 0 radical (unpaired) electrons. The number of ether oxygens (including phenoxy) is 1. The number of fused-ring (bicyclic) bond motifs is 1. The number of carbonyl (C=O) groups excluding carboxylic acids is 3. The molecule has 2 amide bonds. The molecule has 0 bridgehead atoms. The molecule has 28 heavy (non-hydrogen) atoms. The summed E-state index contributed by atoms with van der Waals surface area (Å²) >= 11 is 7.64. The van der Waals surface area contributed by atoms with E-state index in [-0.39, 0.29) is 24.5 Å². The number of hydrogen-bond acceptors (Lipinski definition) is 5. The quantitative estimate of drug-likeness (QED) is 0.530. The van der Waals surface area contributed by atoms with Crippen LogP contribution in [0, 0.1) is 11.8 Å². The van der Waals surface area contributed by atoms with Crippen LogP contribution in [0.3, 0.4) is 0 Å². The molecule has 3 rings (SSSR count). The summed E-state index contributed by atoms with van der Waals surface area (Å²) in [4.78, 5) is 40.7. The number of hydrogen-bond donors (Lipinski definition) is 1. The van der Waals surface area contributed by atoms with Gasteiger partial charge in [0.25, 0.3) is 0 Å². The highest BCUT2D eigenvalue weighted by Crippen LogP contribution is 2.46. The number of benzene rings is 1. The highest BCUT2D eigenvalue weighted by Gasteiger charge is 2.72. The first kappa shape index (κ1) is 21.1. The fourth-order valence-electron chi connectivity index (χ4n) is 4.55. The summed E-state index contributed by atoms with van der Waals surface area (Å²) < 4.78 is 5.41. The van der Waals surface area contributed by atoms with E-state index in [1.807, 2.05) is 23.7 Å². The van der Waals surface area contributed by atoms with Crippen LogP contribution in [0.15, 0.2) is 24.3 Å². The lowest BCUT2D eigenvalue weighted by Crippen LogP contribution is -2.98. The molecule has 152 valence electrons. The van der Waals surface area contributed by atoms with Gasteiger partial charge in [-0.15, -0.1) is 0 Å². The van der Waals surface area contributed by atoms with Gasteiger partial charge in [-0.2, -0.15) is 11.8 Å². The first-order valence-corrected chi connectivity index (χ1v) is 11.3. The third-order valence-electron chi connectivity index (χ3n) is 5.81. The summed E-state index contributed by atoms with van der Waals surface area (Å²) in [5, 5.41) is 2.50. The van der Waals surface area contributed by atoms with E-state index in [4.69, 9.17) is 16.3 Å². The van der Waals surface area contributed by atoms with Gasteiger partial charge in [0.15, 0.2) is 0 Å². The van der Waals surface area contributed by atoms with Crippen molar-refractivity contribution in [3.8, 4) is 0 Å². The SMILES string of the molecule is CCOC(=O)[C@]1(CCSC)[NH2+][C@@H](c2ccc(Cl)cc2)[C@H]2C(=O)N(CC)C(=O)[C@@H]21. The second-order valence-electron chi connectivity index (χ2n) is 7.17. The Morgan fingerprint density at radius 2 is 1.93 bits per heavy atom. The van der Waals surface area contributed by atoms with Crippen LogP contribution in [0.1, 0.15) is 31.9 Å². The van der Waals surface area contributed by atoms with Gasteiger partial charge in [-0.3, -0.25) is 14.5 Å². The number of esters is 1. The lowest BCUT2D eigenvalue weighted by Gasteiger charge is -2.29. The number of rotatable bonds is 7. The molecule has 8 heteroatoms. The summed E-state index contributed by atoms with van der Waals surface area (Å²) in [6.45, 7) is 4.07. The summed E-state index contributed by atoms with van der Waals surface area (Å²) in [6.07, 6.45) is 2.43. The average Bonchev–Trinajstić information content (AvgIpc) is 3.15. The monoisotopic (exact) mass is 425 g/mol. The van der Waals surface area contributed by atoms with Gasteiger partial charge in [0, 0.05) is 23.6 Å². The van der Waals surface area contributed by atoms with Gasteiger partial charge in [-0.1, -0.05) is 23.7 Å². The van der Waals surface area contributed by atoms with E-state index < -0.39 is 23.3 Å². The summed E-state index contributed by atoms with van der Waals surface area (Å²) in [6, 6.07) is 6.93. The number of imide groups is 1. The zero-order chi connectivity index (χ0) is 20.5. The maximum atomic E-state index is 13.2. The Bertz CT molecular complexity index is 772. The number of likely N-dealkylation sites (tertiary alicyclic amines) is 1. The Labute approximate surface area is 174 Å². The molecule has 1 aromatic carbocycles. The van der Waals surface area contributed by atoms with Crippen molar-refractivity contribution < 1.29 is 24.4 Å². The predicted molar refractivity (Wildman–Crippen MR) is 108 cm³/mol. The van der Waals surface area contributed by atoms with Crippen molar-refractivity contribution in [3.05, 3.63) is 34.9 Å². The Kier molecular flexibility index (Phi) is 6.37. The molecular weight excluding hydrogens is 400 g/mol. The first-order valence-electron chi connectivity index (χ1n) is 9.54. The highest BCUT2D eigenvalue weighted by atomic mass is 35.5. The molecule has 2 saturated heterocycles. The fourth-order valence-corrected chi connectivity index (χ4v) is 5.22. The second kappa shape index (κ2) is 8.43. The topological polar surface area (TPSA) is 80.3 Å². The van der Waals surface area contributed by atoms with Gasteiger partial charge in [0.05, 0.1) is 6.61 Å². The van der Waals surface area contributed by atoms with Crippen LogP contribution in [0.5, 0.6) is 0 Å². The molecule has 2 aliphatic heterocycles. The smallest absolute Gasteiger partial charge is 0.368 e. The number of halogens is 1. The molecule has 6 nitrogen and oxygen atoms in total. The van der Waals surface area contributed by atoms with Crippen LogP contribution < -0.4 is 5.32 Å². The minimum Gasteiger partial charge on any atom is -0.461 e. The predicted octanol–water partition coefficient (Wildman–Crippen LogP) is 1.63. The third kappa shape index (κ3) is 3.33. The first-order chi connectivity index (χ1) is 13.4. The van der Waals surface area contributed by atoms with Gasteiger partial charge in [-0.05, 0) is 38.0 Å². The second-order valence-corrected chi connectivity index (χ2v) is 8.59. The van der Waals surface area contributed by atoms with E-state index in [9.17, 15) is 14.4 Å². The minimum atomic E-state index is -1.09. The Morgan fingerprint density at radius 1 is 1.25 bits per heavy atom. The zero-order valence-electron chi connectivity index (χ0n) is 16.3. The van der Waals surface area contributed by atoms with E-state index in [0.29, 0.717) is 23.7 Å². The van der Waals surface area contributed by atoms with Gasteiger partial charge in [0.2, 0.25) is 17.4 Å². The number of nitrogens with zero attached hydrogens (tertiary/aromatic N) is 1. The molecule has 1 aromatic rings. The van der Waals surface area contributed by atoms with Crippen LogP contribution in [-0.2, 0) is 19.1 Å². The molecule has 0 unspecified atom stereocenters. The molecule has 4 atom stereocenters. The largest absolute Gasteiger partial charge is 0.461 e. The zero-order valence-corrected chi connectivity index (χ0v) is 17.9. The Balaban J connectivity index is 2.11. The molecular formula is C20H26ClN2O4S+. The van der Waals surface area contributed by atoms with E-state index in [2.05, 4.69) is 0 Å². The summed E-state index contributed by atoms with van der Waals surface area (Å²) in [5.41, 5.74) is -0.209. The van der Waals surface area contributed by atoms with Crippen molar-refractivity contribution in [2.45, 2.75) is 31.8 Å². The maximum Gasteiger partial charge on any atom is 0.368 e. The number of quaternary nitrogens is 1. The molecule has 2 aliphatic rings. The van der Waals surface area contributed by atoms with E-state index in [0.717, 1.165) is 5.56 Å². The van der Waals surface area contributed by atoms with Crippen molar-refractivity contribution in [3.63, 3.8) is 0 Å². The van der Waals surface area contributed by atoms with Crippen molar-refractivity contribution in [2.75, 3.05) is 25.2 Å². The van der Waals surface area contributed by atoms with Crippen LogP contribution in [0.2, 0.25) is 5.02 Å². The molecule has 0 saturated carbocycles. The number of thioether (sulfide) groups is 1. The number of carbonyl (C=O) groups is 3. The van der Waals surface area contributed by atoms with Crippen molar-refractivity contribution in [2.24, 2.45) is 11.8 Å². The van der Waals surface area contributed by atoms with E-state index in [1.165, 1.54) is 4.90 Å². The van der Waals surface area contributed by atoms with Gasteiger partial charge in [0.1, 0.15) is 17.9 Å². The van der Waals surface area contributed by atoms with Crippen LogP contribution >= 0.6 is 23.4 Å². The molecule has 2 fully saturated rings. The third-order valence-corrected chi connectivity index (χ3v) is 6.67. The van der Waals surface area contributed by atoms with Crippen molar-refractivity contribution in [1.29, 1.82) is 0 Å². The van der Waals surface area contributed by atoms with E-state index >= 15 is 0 Å². The lowest BCUT2D eigenvalue weighted by molar-refractivity contribution is -0.734. The van der Waals surface area contributed by atoms with Gasteiger partial charge in [-0.25, -0.2) is 4.79 Å². The maximum absolute atomic E-state index is 13.2. The molecule has 0 aromatic heterocycles. The van der Waals surface area contributed by atoms with Gasteiger partial charge >= 0.3 is 5.97 Å². The summed E-state index contributed by atoms with van der Waals surface area (Å²) in [5.74, 6) is -1.48. The van der Waals surface area contributed by atoms with Crippen molar-refractivity contribution in [1.82, 2.24) is 4.90 Å². The lowest BCUT2D eigenvalue weighted by atomic mass is 9.78. The highest BCUT2D eigenvalue weighted by molar-refractivity contribution is 7.98. The van der Waals surface area contributed by atoms with Crippen molar-refractivity contribution >= 4 is 41.1 Å². The van der Waals surface area contributed by atoms with Crippen LogP contribution in [0.4, 0.5) is 0 Å². The minimum absolute atomic E-state index is 0.205. The van der Waals surface area contributed by atoms with Crippen LogP contribution in [0.25, 0.3) is 0 Å². The van der Waals surface area contributed by atoms with E-state index in [1.54, 1.807) is 37.7 Å². The molecule has 0 spiro atoms. The molecule has 2 heterocycles. The van der Waals surface area contributed by atoms with Crippen LogP contribution in [-0.4, -0.2) is 53.4 Å². The molecule has 2 N–H and O–H groups in total. The normalized spacial score (nSPS) is 29.3. The molecule has 0 aliphatic carbocycles. The number of nitrogens with two attached hydrogens (primary N) is 1. The average molecular weight is 426 g/mol. The fraction of sp³-hybridized carbons (Fsp3) is 0.550. The standard InChI is InChI=1S/C20H25ClN2O4S/c1-4-23-17(24)14-15(18(23)25)20(10-11-28-3,19(26)27-5-2)22-16(14)12-6-8-13(21)9-7-12/h6-9,14-16,22H,4-5,10-11H2,1-3H3/p+1/t14-,15+,16-,20+/m0/s1.